The molecule has 1 aliphatic heterocycles. The molecule has 0 aliphatic carbocycles. The monoisotopic (exact) mass is 555 g/mol. The van der Waals surface area contributed by atoms with E-state index in [1.807, 2.05) is 30.7 Å². The Morgan fingerprint density at radius 1 is 1.22 bits per heavy atom. The predicted molar refractivity (Wildman–Crippen MR) is 140 cm³/mol. The van der Waals surface area contributed by atoms with Gasteiger partial charge >= 0.3 is 5.97 Å². The van der Waals surface area contributed by atoms with Crippen LogP contribution in [-0.2, 0) is 27.8 Å². The average molecular weight is 556 g/mol. The number of aliphatic imine (C=N–C) groups is 1. The van der Waals surface area contributed by atoms with Gasteiger partial charge in [0.15, 0.2) is 0 Å². The van der Waals surface area contributed by atoms with Crippen LogP contribution in [0.1, 0.15) is 32.4 Å². The summed E-state index contributed by atoms with van der Waals surface area (Å²) < 4.78 is 8.19. The molecule has 0 saturated carbocycles. The van der Waals surface area contributed by atoms with Crippen molar-refractivity contribution in [2.75, 3.05) is 25.0 Å². The molecule has 2 aromatic heterocycles. The van der Waals surface area contributed by atoms with Gasteiger partial charge in [-0.15, -0.1) is 0 Å². The molecule has 1 amide bonds. The Hall–Kier alpha value is -3.34. The van der Waals surface area contributed by atoms with Crippen LogP contribution in [0.4, 0.5) is 5.69 Å². The van der Waals surface area contributed by atoms with E-state index >= 15 is 0 Å². The van der Waals surface area contributed by atoms with Crippen LogP contribution >= 0.6 is 15.9 Å². The summed E-state index contributed by atoms with van der Waals surface area (Å²) in [4.78, 5) is 45.0. The van der Waals surface area contributed by atoms with E-state index in [1.165, 1.54) is 0 Å². The third kappa shape index (κ3) is 5.56. The van der Waals surface area contributed by atoms with E-state index in [1.54, 1.807) is 36.7 Å². The zero-order valence-electron chi connectivity index (χ0n) is 20.6. The van der Waals surface area contributed by atoms with Gasteiger partial charge in [0.05, 0.1) is 35.2 Å². The Morgan fingerprint density at radius 3 is 2.75 bits per heavy atom. The van der Waals surface area contributed by atoms with Crippen molar-refractivity contribution in [1.82, 2.24) is 24.4 Å². The number of hydrogen-bond donors (Lipinski definition) is 1. The Labute approximate surface area is 218 Å². The number of rotatable bonds is 9. The number of benzene rings is 1. The lowest BCUT2D eigenvalue weighted by Gasteiger charge is -2.30. The zero-order chi connectivity index (χ0) is 25.7. The highest BCUT2D eigenvalue weighted by Gasteiger charge is 2.35. The minimum absolute atomic E-state index is 0.0438. The smallest absolute Gasteiger partial charge is 0.305 e. The first-order valence-corrected chi connectivity index (χ1v) is 12.8. The molecule has 1 N–H and O–H groups in total. The minimum atomic E-state index is -0.361. The second-order valence-corrected chi connectivity index (χ2v) is 9.48. The number of ether oxygens (including phenoxy) is 1. The van der Waals surface area contributed by atoms with Gasteiger partial charge in [0.1, 0.15) is 5.52 Å². The van der Waals surface area contributed by atoms with Crippen molar-refractivity contribution in [3.05, 3.63) is 47.2 Å². The predicted octanol–water partition coefficient (Wildman–Crippen LogP) is 3.57. The number of guanidine groups is 1. The quantitative estimate of drug-likeness (QED) is 0.401. The highest BCUT2D eigenvalue weighted by atomic mass is 79.9. The molecule has 10 nitrogen and oxygen atoms in total. The van der Waals surface area contributed by atoms with Crippen LogP contribution in [0.3, 0.4) is 0 Å². The number of imidazole rings is 1. The lowest BCUT2D eigenvalue weighted by atomic mass is 9.85. The molecule has 1 aliphatic rings. The van der Waals surface area contributed by atoms with Gasteiger partial charge < -0.3 is 14.6 Å². The first-order valence-electron chi connectivity index (χ1n) is 12.1. The number of aryl methyl sites for hydroxylation is 1. The summed E-state index contributed by atoms with van der Waals surface area (Å²) in [5.41, 5.74) is 3.22. The van der Waals surface area contributed by atoms with Crippen molar-refractivity contribution in [2.45, 2.75) is 33.1 Å². The average Bonchev–Trinajstić information content (AvgIpc) is 3.52. The lowest BCUT2D eigenvalue weighted by molar-refractivity contribution is -0.147. The summed E-state index contributed by atoms with van der Waals surface area (Å²) in [7, 11) is 1.92. The van der Waals surface area contributed by atoms with Gasteiger partial charge in [-0.05, 0) is 40.9 Å². The molecule has 3 aromatic rings. The van der Waals surface area contributed by atoms with Gasteiger partial charge in [-0.1, -0.05) is 13.8 Å². The number of hydrogen-bond acceptors (Lipinski definition) is 8. The van der Waals surface area contributed by atoms with Crippen molar-refractivity contribution in [1.29, 1.82) is 0 Å². The summed E-state index contributed by atoms with van der Waals surface area (Å²) in [5, 5.41) is 3.31. The van der Waals surface area contributed by atoms with Gasteiger partial charge in [-0.2, -0.15) is 0 Å². The maximum Gasteiger partial charge on any atom is 0.305 e. The fourth-order valence-electron chi connectivity index (χ4n) is 4.37. The summed E-state index contributed by atoms with van der Waals surface area (Å²) in [6.07, 6.45) is 8.27. The van der Waals surface area contributed by atoms with Gasteiger partial charge in [0.2, 0.25) is 11.9 Å². The first-order chi connectivity index (χ1) is 17.4. The zero-order valence-corrected chi connectivity index (χ0v) is 22.2. The summed E-state index contributed by atoms with van der Waals surface area (Å²) in [6.45, 7) is 4.91. The van der Waals surface area contributed by atoms with E-state index in [4.69, 9.17) is 4.74 Å². The molecule has 4 rings (SSSR count). The third-order valence-electron chi connectivity index (χ3n) is 6.39. The van der Waals surface area contributed by atoms with E-state index in [0.717, 1.165) is 26.9 Å². The number of anilines is 1. The van der Waals surface area contributed by atoms with Crippen LogP contribution in [0, 0.1) is 11.8 Å². The molecule has 1 aromatic carbocycles. The van der Waals surface area contributed by atoms with Crippen LogP contribution in [0.15, 0.2) is 46.5 Å². The molecule has 0 fully saturated rings. The normalized spacial score (nSPS) is 15.0. The molecule has 0 saturated heterocycles. The highest BCUT2D eigenvalue weighted by molar-refractivity contribution is 9.10. The summed E-state index contributed by atoms with van der Waals surface area (Å²) in [6, 6.07) is 3.76. The first kappa shape index (κ1) is 25.7. The number of esters is 1. The molecule has 3 heterocycles. The number of halogens is 1. The van der Waals surface area contributed by atoms with Crippen molar-refractivity contribution < 1.29 is 14.3 Å². The number of carbonyl (C=O) groups excluding carboxylic acids is 2. The number of amides is 1. The number of fused-ring (bicyclic) bond motifs is 1. The third-order valence-corrected chi connectivity index (χ3v) is 7.20. The molecule has 11 heteroatoms. The van der Waals surface area contributed by atoms with Crippen molar-refractivity contribution in [3.8, 4) is 0 Å². The molecular weight excluding hydrogens is 526 g/mol. The van der Waals surface area contributed by atoms with E-state index < -0.39 is 0 Å². The van der Waals surface area contributed by atoms with Gasteiger partial charge in [-0.25, -0.2) is 4.98 Å². The molecular formula is C25H30BrN7O3. The second kappa shape index (κ2) is 11.6. The number of carbonyl (C=O) groups is 2. The molecule has 190 valence electrons. The number of aromatic nitrogens is 4. The van der Waals surface area contributed by atoms with Gasteiger partial charge in [-0.3, -0.25) is 29.4 Å². The van der Waals surface area contributed by atoms with E-state index in [-0.39, 0.29) is 30.3 Å². The molecule has 0 radical (unpaired) electrons. The second-order valence-electron chi connectivity index (χ2n) is 8.68. The van der Waals surface area contributed by atoms with Crippen LogP contribution in [0.5, 0.6) is 0 Å². The number of nitrogens with zero attached hydrogens (tertiary/aromatic N) is 6. The van der Waals surface area contributed by atoms with E-state index in [2.05, 4.69) is 41.2 Å². The number of nitrogens with one attached hydrogen (secondary N) is 1. The van der Waals surface area contributed by atoms with Gasteiger partial charge in [0.25, 0.3) is 0 Å². The van der Waals surface area contributed by atoms with Crippen molar-refractivity contribution in [2.24, 2.45) is 23.9 Å². The molecule has 2 atom stereocenters. The van der Waals surface area contributed by atoms with Crippen LogP contribution in [0.25, 0.3) is 11.0 Å². The van der Waals surface area contributed by atoms with Crippen LogP contribution in [-0.4, -0.2) is 62.0 Å². The summed E-state index contributed by atoms with van der Waals surface area (Å²) >= 11 is 3.61. The Bertz CT molecular complexity index is 1280. The maximum atomic E-state index is 13.9. The summed E-state index contributed by atoms with van der Waals surface area (Å²) in [5.74, 6) is -0.384. The van der Waals surface area contributed by atoms with E-state index in [9.17, 15) is 9.59 Å². The van der Waals surface area contributed by atoms with Crippen LogP contribution < -0.4 is 5.32 Å². The SMILES string of the molecule is CCC(=O)OC[C@H](Cc1cncn1C)[C@H](CC)C(=O)N1CCN=C1Nc1ccc2nccnc2c1Br. The van der Waals surface area contributed by atoms with Crippen LogP contribution in [0.2, 0.25) is 0 Å². The van der Waals surface area contributed by atoms with Crippen molar-refractivity contribution in [3.63, 3.8) is 0 Å². The minimum Gasteiger partial charge on any atom is -0.465 e. The topological polar surface area (TPSA) is 115 Å². The Morgan fingerprint density at radius 2 is 2.03 bits per heavy atom. The lowest BCUT2D eigenvalue weighted by Crippen LogP contribution is -2.45. The molecule has 0 spiro atoms. The largest absolute Gasteiger partial charge is 0.465 e. The Kier molecular flexibility index (Phi) is 8.29. The van der Waals surface area contributed by atoms with E-state index in [0.29, 0.717) is 38.3 Å². The molecule has 0 unspecified atom stereocenters. The Balaban J connectivity index is 1.55. The maximum absolute atomic E-state index is 13.9. The fraction of sp³-hybridized carbons (Fsp3) is 0.440. The fourth-order valence-corrected chi connectivity index (χ4v) is 4.90. The highest BCUT2D eigenvalue weighted by Crippen LogP contribution is 2.30. The standard InChI is InChI=1S/C25H30BrN7O3/c1-4-18(16(14-36-21(34)5-2)12-17-13-27-15-32(17)3)24(35)33-11-10-30-25(33)31-19-6-7-20-23(22(19)26)29-9-8-28-20/h6-9,13,15-16,18H,4-5,10-12,14H2,1-3H3,(H,30,31)/t16-,18-/m0/s1. The molecule has 0 bridgehead atoms. The van der Waals surface area contributed by atoms with Gasteiger partial charge in [0, 0.05) is 56.1 Å². The van der Waals surface area contributed by atoms with Crippen molar-refractivity contribution >= 4 is 50.5 Å². The molecule has 36 heavy (non-hydrogen) atoms.